The van der Waals surface area contributed by atoms with Crippen LogP contribution in [0.3, 0.4) is 0 Å². The van der Waals surface area contributed by atoms with Gasteiger partial charge in [-0.3, -0.25) is 23.9 Å². The third kappa shape index (κ3) is 9.48. The first kappa shape index (κ1) is 41.2. The monoisotopic (exact) mass is 814 g/mol. The number of likely N-dealkylation sites (tertiary alicyclic amines) is 1. The lowest BCUT2D eigenvalue weighted by atomic mass is 9.86. The molecule has 58 heavy (non-hydrogen) atoms. The van der Waals surface area contributed by atoms with E-state index in [0.717, 1.165) is 36.9 Å². The molecule has 1 aliphatic carbocycles. The first-order valence-electron chi connectivity index (χ1n) is 19.9. The molecule has 1 saturated carbocycles. The summed E-state index contributed by atoms with van der Waals surface area (Å²) in [5.41, 5.74) is 0.418. The van der Waals surface area contributed by atoms with E-state index in [2.05, 4.69) is 15.2 Å². The van der Waals surface area contributed by atoms with Crippen LogP contribution in [-0.4, -0.2) is 93.7 Å². The van der Waals surface area contributed by atoms with Crippen molar-refractivity contribution in [3.8, 4) is 5.75 Å². The summed E-state index contributed by atoms with van der Waals surface area (Å²) in [5, 5.41) is 16.1. The van der Waals surface area contributed by atoms with E-state index in [4.69, 9.17) is 21.3 Å². The van der Waals surface area contributed by atoms with Gasteiger partial charge < -0.3 is 25.0 Å². The minimum atomic E-state index is -3.50. The number of aromatic nitrogens is 3. The Morgan fingerprint density at radius 1 is 1.02 bits per heavy atom. The predicted octanol–water partition coefficient (Wildman–Crippen LogP) is 6.78. The second-order valence-electron chi connectivity index (χ2n) is 15.9. The van der Waals surface area contributed by atoms with Crippen LogP contribution in [0.15, 0.2) is 83.9 Å². The Morgan fingerprint density at radius 3 is 2.48 bits per heavy atom. The molecule has 0 spiro atoms. The minimum absolute atomic E-state index is 0.0280. The zero-order valence-electron chi connectivity index (χ0n) is 32.8. The molecular formula is C44H49ClF2N6O5. The highest BCUT2D eigenvalue weighted by Gasteiger charge is 2.48. The molecule has 5 aromatic rings. The summed E-state index contributed by atoms with van der Waals surface area (Å²) in [6, 6.07) is 19.3. The molecule has 2 aromatic heterocycles. The normalized spacial score (nSPS) is 16.2. The van der Waals surface area contributed by atoms with Crippen LogP contribution in [0, 0.1) is 5.92 Å². The van der Waals surface area contributed by atoms with Crippen LogP contribution >= 0.6 is 11.6 Å². The Labute approximate surface area is 341 Å². The summed E-state index contributed by atoms with van der Waals surface area (Å²) in [5.74, 6) is -5.32. The number of nitrogens with one attached hydrogen (secondary N) is 1. The largest absolute Gasteiger partial charge is 0.493 e. The number of nitrogens with zero attached hydrogens (tertiary/aromatic N) is 5. The smallest absolute Gasteiger partial charge is 0.284 e. The number of fused-ring (bicyclic) bond motifs is 2. The number of benzene rings is 3. The lowest BCUT2D eigenvalue weighted by Crippen LogP contribution is -2.52. The number of amides is 2. The number of pyridine rings is 1. The van der Waals surface area contributed by atoms with Gasteiger partial charge in [-0.15, -0.1) is 0 Å². The number of rotatable bonds is 16. The molecule has 1 atom stereocenters. The molecule has 0 unspecified atom stereocenters. The molecular weight excluding hydrogens is 766 g/mol. The van der Waals surface area contributed by atoms with Crippen LogP contribution in [0.25, 0.3) is 21.8 Å². The third-order valence-electron chi connectivity index (χ3n) is 11.2. The highest BCUT2D eigenvalue weighted by atomic mass is 35.5. The topological polar surface area (TPSA) is 130 Å². The van der Waals surface area contributed by atoms with E-state index in [-0.39, 0.29) is 68.9 Å². The molecule has 1 aliphatic heterocycles. The molecule has 2 aliphatic rings. The van der Waals surface area contributed by atoms with Gasteiger partial charge in [-0.25, -0.2) is 13.8 Å². The summed E-state index contributed by atoms with van der Waals surface area (Å²) in [7, 11) is 3.99. The molecule has 2 amide bonds. The molecule has 3 heterocycles. The van der Waals surface area contributed by atoms with E-state index in [1.807, 2.05) is 20.2 Å². The number of alkyl halides is 2. The Balaban J connectivity index is 0.977. The Kier molecular flexibility index (Phi) is 12.4. The molecule has 11 nitrogen and oxygen atoms in total. The minimum Gasteiger partial charge on any atom is -0.493 e. The number of piperidine rings is 1. The number of aliphatic hydroxyl groups is 1. The van der Waals surface area contributed by atoms with Crippen molar-refractivity contribution in [2.45, 2.75) is 68.9 Å². The zero-order chi connectivity index (χ0) is 41.0. The summed E-state index contributed by atoms with van der Waals surface area (Å²) in [6.45, 7) is 1.47. The maximum Gasteiger partial charge on any atom is 0.284 e. The average molecular weight is 815 g/mol. The Bertz CT molecular complexity index is 2330. The maximum absolute atomic E-state index is 16.2. The molecule has 0 bridgehead atoms. The number of hydrogen-bond acceptors (Lipinski definition) is 8. The van der Waals surface area contributed by atoms with Crippen molar-refractivity contribution >= 4 is 45.2 Å². The predicted molar refractivity (Wildman–Crippen MR) is 220 cm³/mol. The highest BCUT2D eigenvalue weighted by Crippen LogP contribution is 2.42. The Hall–Kier alpha value is -4.98. The second-order valence-corrected chi connectivity index (χ2v) is 16.3. The molecule has 3 aromatic carbocycles. The van der Waals surface area contributed by atoms with E-state index in [1.165, 1.54) is 40.1 Å². The summed E-state index contributed by atoms with van der Waals surface area (Å²) >= 11 is 6.49. The first-order valence-corrected chi connectivity index (χ1v) is 20.3. The van der Waals surface area contributed by atoms with Crippen molar-refractivity contribution in [2.75, 3.05) is 46.9 Å². The molecule has 7 rings (SSSR count). The van der Waals surface area contributed by atoms with Gasteiger partial charge in [-0.2, -0.15) is 0 Å². The average Bonchev–Trinajstić information content (AvgIpc) is 4.07. The molecule has 14 heteroatoms. The van der Waals surface area contributed by atoms with Crippen LogP contribution in [0.1, 0.15) is 72.5 Å². The number of carbonyl (C=O) groups is 2. The molecule has 2 fully saturated rings. The van der Waals surface area contributed by atoms with Gasteiger partial charge >= 0.3 is 0 Å². The fraction of sp³-hybridized carbons (Fsp3) is 0.432. The number of hydrogen-bond donors (Lipinski definition) is 2. The van der Waals surface area contributed by atoms with Gasteiger partial charge in [0.1, 0.15) is 11.7 Å². The molecule has 0 radical (unpaired) electrons. The van der Waals surface area contributed by atoms with Gasteiger partial charge in [0.05, 0.1) is 46.5 Å². The van der Waals surface area contributed by atoms with Gasteiger partial charge in [0.25, 0.3) is 17.4 Å². The SMILES string of the molecule is CN(C)CCCOc1ccc2c(=O)n(CC3(O)CCN(C(=O)[C@H](CCCNC(=O)c4ccc5c(Cl)cc(C6CC6)nc5c4)C(F)(F)c4ccccc4)CC3)cnc2c1. The van der Waals surface area contributed by atoms with E-state index in [1.54, 1.807) is 42.5 Å². The maximum atomic E-state index is 16.2. The Morgan fingerprint density at radius 2 is 1.76 bits per heavy atom. The van der Waals surface area contributed by atoms with Crippen molar-refractivity contribution in [1.29, 1.82) is 0 Å². The van der Waals surface area contributed by atoms with E-state index in [0.29, 0.717) is 45.3 Å². The number of carbonyl (C=O) groups excluding carboxylic acids is 2. The van der Waals surface area contributed by atoms with Crippen molar-refractivity contribution in [1.82, 2.24) is 29.7 Å². The lowest BCUT2D eigenvalue weighted by molar-refractivity contribution is -0.157. The van der Waals surface area contributed by atoms with Gasteiger partial charge in [-0.1, -0.05) is 48.0 Å². The summed E-state index contributed by atoms with van der Waals surface area (Å²) < 4.78 is 39.7. The van der Waals surface area contributed by atoms with Crippen LogP contribution in [0.4, 0.5) is 8.78 Å². The molecule has 306 valence electrons. The van der Waals surface area contributed by atoms with Gasteiger partial charge in [0, 0.05) is 60.4 Å². The number of ether oxygens (including phenoxy) is 1. The summed E-state index contributed by atoms with van der Waals surface area (Å²) in [6.07, 6.45) is 4.45. The van der Waals surface area contributed by atoms with Crippen LogP contribution in [-0.2, 0) is 17.3 Å². The van der Waals surface area contributed by atoms with Crippen molar-refractivity contribution in [3.63, 3.8) is 0 Å². The van der Waals surface area contributed by atoms with Gasteiger partial charge in [0.2, 0.25) is 5.91 Å². The highest BCUT2D eigenvalue weighted by molar-refractivity contribution is 6.35. The number of halogens is 3. The van der Waals surface area contributed by atoms with E-state index in [9.17, 15) is 19.5 Å². The van der Waals surface area contributed by atoms with Gasteiger partial charge in [-0.05, 0) is 89.4 Å². The summed E-state index contributed by atoms with van der Waals surface area (Å²) in [4.78, 5) is 53.2. The lowest BCUT2D eigenvalue weighted by Gasteiger charge is -2.40. The van der Waals surface area contributed by atoms with Crippen molar-refractivity contribution in [3.05, 3.63) is 111 Å². The standard InChI is InChI=1S/C44H49ClF2N6O5/c1-51(2)20-7-23-58-32-14-16-34-38(25-32)49-28-53(41(34)55)27-43(57)17-21-52(22-18-43)42(56)35(44(46,47)31-8-4-3-5-9-31)10-6-19-48-40(54)30-13-15-33-36(45)26-37(29-11-12-29)50-39(33)24-30/h3-5,8-9,13-16,24-26,28-29,35,57H,6-7,10-12,17-23,27H2,1-2H3,(H,48,54)/t35-/m0/s1. The molecule has 2 N–H and O–H groups in total. The van der Waals surface area contributed by atoms with Crippen molar-refractivity contribution in [2.24, 2.45) is 5.92 Å². The second kappa shape index (κ2) is 17.5. The van der Waals surface area contributed by atoms with Crippen LogP contribution < -0.4 is 15.6 Å². The quantitative estimate of drug-likeness (QED) is 0.104. The fourth-order valence-electron chi connectivity index (χ4n) is 7.62. The van der Waals surface area contributed by atoms with E-state index >= 15 is 8.78 Å². The van der Waals surface area contributed by atoms with Crippen molar-refractivity contribution < 1.29 is 28.2 Å². The van der Waals surface area contributed by atoms with Crippen LogP contribution in [0.5, 0.6) is 5.75 Å². The third-order valence-corrected chi connectivity index (χ3v) is 11.5. The molecule has 1 saturated heterocycles. The van der Waals surface area contributed by atoms with Crippen LogP contribution in [0.2, 0.25) is 5.02 Å². The van der Waals surface area contributed by atoms with Gasteiger partial charge in [0.15, 0.2) is 0 Å². The zero-order valence-corrected chi connectivity index (χ0v) is 33.6. The fourth-order valence-corrected chi connectivity index (χ4v) is 7.89. The first-order chi connectivity index (χ1) is 27.8. The van der Waals surface area contributed by atoms with E-state index < -0.39 is 23.3 Å².